The number of rotatable bonds is 2. The van der Waals surface area contributed by atoms with Crippen molar-refractivity contribution in [1.29, 1.82) is 0 Å². The lowest BCUT2D eigenvalue weighted by atomic mass is 10.2. The summed E-state index contributed by atoms with van der Waals surface area (Å²) >= 11 is 0. The quantitative estimate of drug-likeness (QED) is 0.650. The molecule has 2 rings (SSSR count). The minimum absolute atomic E-state index is 0.553. The first-order valence-electron chi connectivity index (χ1n) is 4.07. The number of aromatic nitrogens is 4. The van der Waals surface area contributed by atoms with Crippen LogP contribution < -0.4 is 0 Å². The molecule has 0 saturated carbocycles. The Kier molecular flexibility index (Phi) is 2.06. The molecule has 0 bridgehead atoms. The van der Waals surface area contributed by atoms with Gasteiger partial charge in [-0.05, 0) is 12.1 Å². The molecule has 0 radical (unpaired) electrons. The highest BCUT2D eigenvalue weighted by Crippen LogP contribution is 2.11. The van der Waals surface area contributed by atoms with Crippen LogP contribution in [0.15, 0.2) is 24.5 Å². The second-order valence-electron chi connectivity index (χ2n) is 2.81. The Balaban J connectivity index is 2.38. The first-order valence-corrected chi connectivity index (χ1v) is 4.07. The SMILES string of the molecule is Cn1ncc(-c2ccc(C=O)cn2)n1. The summed E-state index contributed by atoms with van der Waals surface area (Å²) in [5.74, 6) is 0. The summed E-state index contributed by atoms with van der Waals surface area (Å²) in [6.45, 7) is 0. The average molecular weight is 188 g/mol. The number of aryl methyl sites for hydroxylation is 1. The van der Waals surface area contributed by atoms with Gasteiger partial charge in [0.15, 0.2) is 6.29 Å². The Morgan fingerprint density at radius 3 is 2.64 bits per heavy atom. The summed E-state index contributed by atoms with van der Waals surface area (Å²) in [5, 5.41) is 8.02. The van der Waals surface area contributed by atoms with Gasteiger partial charge in [0, 0.05) is 18.8 Å². The maximum atomic E-state index is 10.4. The molecule has 5 nitrogen and oxygen atoms in total. The lowest BCUT2D eigenvalue weighted by molar-refractivity contribution is 0.112. The summed E-state index contributed by atoms with van der Waals surface area (Å²) in [6.07, 6.45) is 3.90. The van der Waals surface area contributed by atoms with Crippen LogP contribution >= 0.6 is 0 Å². The van der Waals surface area contributed by atoms with Gasteiger partial charge in [-0.1, -0.05) is 0 Å². The Morgan fingerprint density at radius 2 is 2.14 bits per heavy atom. The van der Waals surface area contributed by atoms with Crippen LogP contribution in [0, 0.1) is 0 Å². The van der Waals surface area contributed by atoms with E-state index in [1.54, 1.807) is 25.4 Å². The van der Waals surface area contributed by atoms with E-state index in [1.165, 1.54) is 11.0 Å². The molecule has 0 aromatic carbocycles. The van der Waals surface area contributed by atoms with Gasteiger partial charge in [0.2, 0.25) is 0 Å². The van der Waals surface area contributed by atoms with E-state index in [1.807, 2.05) is 0 Å². The van der Waals surface area contributed by atoms with E-state index in [9.17, 15) is 4.79 Å². The first kappa shape index (κ1) is 8.55. The molecule has 0 unspecified atom stereocenters. The van der Waals surface area contributed by atoms with Crippen molar-refractivity contribution in [3.63, 3.8) is 0 Å². The minimum atomic E-state index is 0.553. The lowest BCUT2D eigenvalue weighted by Crippen LogP contribution is -1.92. The van der Waals surface area contributed by atoms with E-state index in [0.717, 1.165) is 6.29 Å². The number of aldehydes is 1. The Labute approximate surface area is 80.4 Å². The van der Waals surface area contributed by atoms with Crippen LogP contribution in [0.3, 0.4) is 0 Å². The van der Waals surface area contributed by atoms with Gasteiger partial charge in [-0.15, -0.1) is 0 Å². The van der Waals surface area contributed by atoms with Gasteiger partial charge in [-0.2, -0.15) is 15.0 Å². The van der Waals surface area contributed by atoms with Crippen molar-refractivity contribution in [3.8, 4) is 11.4 Å². The third-order valence-electron chi connectivity index (χ3n) is 1.78. The van der Waals surface area contributed by atoms with Crippen LogP contribution in [0.4, 0.5) is 0 Å². The van der Waals surface area contributed by atoms with Crippen molar-refractivity contribution >= 4 is 6.29 Å². The molecule has 0 fully saturated rings. The highest BCUT2D eigenvalue weighted by Gasteiger charge is 2.02. The van der Waals surface area contributed by atoms with Crippen LogP contribution in [0.5, 0.6) is 0 Å². The molecular weight excluding hydrogens is 180 g/mol. The zero-order valence-electron chi connectivity index (χ0n) is 7.58. The summed E-state index contributed by atoms with van der Waals surface area (Å²) in [7, 11) is 1.74. The third kappa shape index (κ3) is 1.52. The van der Waals surface area contributed by atoms with Crippen LogP contribution in [-0.4, -0.2) is 26.3 Å². The number of nitrogens with zero attached hydrogens (tertiary/aromatic N) is 4. The predicted molar refractivity (Wildman–Crippen MR) is 49.6 cm³/mol. The second kappa shape index (κ2) is 3.37. The summed E-state index contributed by atoms with van der Waals surface area (Å²) in [4.78, 5) is 15.9. The van der Waals surface area contributed by atoms with Gasteiger partial charge in [0.1, 0.15) is 5.69 Å². The fraction of sp³-hybridized carbons (Fsp3) is 0.111. The summed E-state index contributed by atoms with van der Waals surface area (Å²) in [5.41, 5.74) is 1.96. The predicted octanol–water partition coefficient (Wildman–Crippen LogP) is 0.690. The van der Waals surface area contributed by atoms with E-state index in [0.29, 0.717) is 17.0 Å². The normalized spacial score (nSPS) is 10.1. The maximum Gasteiger partial charge on any atom is 0.151 e. The standard InChI is InChI=1S/C9H8N4O/c1-13-11-5-9(12-13)8-3-2-7(6-14)4-10-8/h2-6H,1H3. The molecule has 0 spiro atoms. The number of carbonyl (C=O) groups excluding carboxylic acids is 1. The largest absolute Gasteiger partial charge is 0.298 e. The Bertz CT molecular complexity index is 446. The fourth-order valence-electron chi connectivity index (χ4n) is 1.09. The molecule has 2 heterocycles. The molecule has 0 amide bonds. The van der Waals surface area contributed by atoms with Crippen molar-refractivity contribution in [3.05, 3.63) is 30.1 Å². The molecule has 0 aliphatic carbocycles. The van der Waals surface area contributed by atoms with Crippen LogP contribution in [0.1, 0.15) is 10.4 Å². The second-order valence-corrected chi connectivity index (χ2v) is 2.81. The Morgan fingerprint density at radius 1 is 1.29 bits per heavy atom. The molecule has 5 heteroatoms. The number of carbonyl (C=O) groups is 1. The van der Waals surface area contributed by atoms with Crippen LogP contribution in [0.25, 0.3) is 11.4 Å². The smallest absolute Gasteiger partial charge is 0.151 e. The first-order chi connectivity index (χ1) is 6.79. The molecule has 2 aromatic heterocycles. The summed E-state index contributed by atoms with van der Waals surface area (Å²) in [6, 6.07) is 3.44. The van der Waals surface area contributed by atoms with Crippen LogP contribution in [-0.2, 0) is 7.05 Å². The van der Waals surface area contributed by atoms with Crippen molar-refractivity contribution < 1.29 is 4.79 Å². The lowest BCUT2D eigenvalue weighted by Gasteiger charge is -1.94. The molecule has 0 N–H and O–H groups in total. The zero-order valence-corrected chi connectivity index (χ0v) is 7.58. The average Bonchev–Trinajstić information content (AvgIpc) is 2.65. The van der Waals surface area contributed by atoms with E-state index < -0.39 is 0 Å². The van der Waals surface area contributed by atoms with Crippen molar-refractivity contribution in [2.24, 2.45) is 7.05 Å². The monoisotopic (exact) mass is 188 g/mol. The molecule has 0 saturated heterocycles. The topological polar surface area (TPSA) is 60.7 Å². The highest BCUT2D eigenvalue weighted by molar-refractivity contribution is 5.74. The summed E-state index contributed by atoms with van der Waals surface area (Å²) < 4.78 is 0. The fourth-order valence-corrected chi connectivity index (χ4v) is 1.09. The zero-order chi connectivity index (χ0) is 9.97. The molecule has 2 aromatic rings. The molecule has 0 aliphatic rings. The number of hydrogen-bond donors (Lipinski definition) is 0. The van der Waals surface area contributed by atoms with Crippen LogP contribution in [0.2, 0.25) is 0 Å². The molecular formula is C9H8N4O. The van der Waals surface area contributed by atoms with Gasteiger partial charge in [-0.3, -0.25) is 9.78 Å². The molecule has 70 valence electrons. The van der Waals surface area contributed by atoms with Gasteiger partial charge in [0.25, 0.3) is 0 Å². The van der Waals surface area contributed by atoms with Gasteiger partial charge < -0.3 is 0 Å². The third-order valence-corrected chi connectivity index (χ3v) is 1.78. The molecule has 0 aliphatic heterocycles. The number of hydrogen-bond acceptors (Lipinski definition) is 4. The van der Waals surface area contributed by atoms with E-state index in [2.05, 4.69) is 15.2 Å². The van der Waals surface area contributed by atoms with Gasteiger partial charge >= 0.3 is 0 Å². The molecule has 0 atom stereocenters. The van der Waals surface area contributed by atoms with E-state index in [4.69, 9.17) is 0 Å². The van der Waals surface area contributed by atoms with E-state index >= 15 is 0 Å². The van der Waals surface area contributed by atoms with E-state index in [-0.39, 0.29) is 0 Å². The Hall–Kier alpha value is -2.04. The number of pyridine rings is 1. The highest BCUT2D eigenvalue weighted by atomic mass is 16.1. The van der Waals surface area contributed by atoms with Gasteiger partial charge in [-0.25, -0.2) is 0 Å². The molecule has 14 heavy (non-hydrogen) atoms. The van der Waals surface area contributed by atoms with Crippen molar-refractivity contribution in [2.45, 2.75) is 0 Å². The maximum absolute atomic E-state index is 10.4. The van der Waals surface area contributed by atoms with Crippen molar-refractivity contribution in [2.75, 3.05) is 0 Å². The van der Waals surface area contributed by atoms with Crippen molar-refractivity contribution in [1.82, 2.24) is 20.0 Å². The minimum Gasteiger partial charge on any atom is -0.298 e. The van der Waals surface area contributed by atoms with Gasteiger partial charge in [0.05, 0.1) is 11.9 Å².